The summed E-state index contributed by atoms with van der Waals surface area (Å²) >= 11 is 0. The van der Waals surface area contributed by atoms with Gasteiger partial charge in [-0.1, -0.05) is 6.07 Å². The van der Waals surface area contributed by atoms with Crippen molar-refractivity contribution in [1.82, 2.24) is 4.31 Å². The lowest BCUT2D eigenvalue weighted by Crippen LogP contribution is -2.45. The average Bonchev–Trinajstić information content (AvgIpc) is 3.03. The van der Waals surface area contributed by atoms with E-state index in [9.17, 15) is 18.0 Å². The molecule has 2 aromatic rings. The van der Waals surface area contributed by atoms with Crippen LogP contribution in [0.25, 0.3) is 0 Å². The quantitative estimate of drug-likeness (QED) is 0.809. The molecule has 1 atom stereocenters. The molecular weight excluding hydrogens is 392 g/mol. The standard InChI is InChI=1S/C21H24N2O5S/c1-13-9-14(2)11-16(10-13)22-21(25)18-6-8-20(24)23(18)29(26,27)17-5-7-19(28-4)15(3)12-17/h5,7,9-12,18H,6,8H2,1-4H3,(H,22,25)/t18-/m1/s1. The molecule has 1 aliphatic heterocycles. The number of anilines is 1. The van der Waals surface area contributed by atoms with Crippen LogP contribution in [0.2, 0.25) is 0 Å². The molecule has 0 aliphatic carbocycles. The number of nitrogens with zero attached hydrogens (tertiary/aromatic N) is 1. The van der Waals surface area contributed by atoms with Gasteiger partial charge in [0.2, 0.25) is 11.8 Å². The lowest BCUT2D eigenvalue weighted by molar-refractivity contribution is -0.128. The third-order valence-electron chi connectivity index (χ3n) is 4.88. The monoisotopic (exact) mass is 416 g/mol. The van der Waals surface area contributed by atoms with Gasteiger partial charge >= 0.3 is 0 Å². The van der Waals surface area contributed by atoms with Crippen LogP contribution in [-0.4, -0.2) is 37.7 Å². The summed E-state index contributed by atoms with van der Waals surface area (Å²) in [5.74, 6) is -0.561. The van der Waals surface area contributed by atoms with Gasteiger partial charge in [-0.15, -0.1) is 0 Å². The molecule has 0 bridgehead atoms. The molecule has 2 amide bonds. The van der Waals surface area contributed by atoms with Crippen molar-refractivity contribution < 1.29 is 22.7 Å². The van der Waals surface area contributed by atoms with E-state index in [4.69, 9.17) is 4.74 Å². The Hall–Kier alpha value is -2.87. The van der Waals surface area contributed by atoms with Gasteiger partial charge in [-0.05, 0) is 74.2 Å². The zero-order chi connectivity index (χ0) is 21.3. The molecule has 154 valence electrons. The van der Waals surface area contributed by atoms with Gasteiger partial charge in [0.25, 0.3) is 10.0 Å². The van der Waals surface area contributed by atoms with Crippen molar-refractivity contribution in [3.05, 3.63) is 53.1 Å². The van der Waals surface area contributed by atoms with E-state index in [2.05, 4.69) is 5.32 Å². The van der Waals surface area contributed by atoms with E-state index >= 15 is 0 Å². The Morgan fingerprint density at radius 2 is 1.76 bits per heavy atom. The summed E-state index contributed by atoms with van der Waals surface area (Å²) < 4.78 is 32.2. The number of carbonyl (C=O) groups excluding carboxylic acids is 2. The van der Waals surface area contributed by atoms with Gasteiger partial charge in [-0.2, -0.15) is 0 Å². The average molecular weight is 416 g/mol. The van der Waals surface area contributed by atoms with Crippen LogP contribution in [0.3, 0.4) is 0 Å². The van der Waals surface area contributed by atoms with Crippen molar-refractivity contribution in [3.63, 3.8) is 0 Å². The van der Waals surface area contributed by atoms with Gasteiger partial charge in [-0.25, -0.2) is 12.7 Å². The smallest absolute Gasteiger partial charge is 0.267 e. The number of aryl methyl sites for hydroxylation is 3. The number of nitrogens with one attached hydrogen (secondary N) is 1. The van der Waals surface area contributed by atoms with Crippen LogP contribution in [0, 0.1) is 20.8 Å². The SMILES string of the molecule is COc1ccc(S(=O)(=O)N2C(=O)CC[C@@H]2C(=O)Nc2cc(C)cc(C)c2)cc1C. The number of amides is 2. The number of methoxy groups -OCH3 is 1. The van der Waals surface area contributed by atoms with E-state index in [-0.39, 0.29) is 17.7 Å². The third-order valence-corrected chi connectivity index (χ3v) is 6.70. The van der Waals surface area contributed by atoms with Gasteiger partial charge < -0.3 is 10.1 Å². The second-order valence-corrected chi connectivity index (χ2v) is 9.06. The van der Waals surface area contributed by atoms with Crippen molar-refractivity contribution in [1.29, 1.82) is 0 Å². The normalized spacial score (nSPS) is 16.8. The minimum atomic E-state index is -4.17. The molecule has 0 radical (unpaired) electrons. The molecule has 1 N–H and O–H groups in total. The Morgan fingerprint density at radius 1 is 1.10 bits per heavy atom. The fourth-order valence-corrected chi connectivity index (χ4v) is 5.29. The Kier molecular flexibility index (Phi) is 5.66. The van der Waals surface area contributed by atoms with Crippen LogP contribution >= 0.6 is 0 Å². The van der Waals surface area contributed by atoms with E-state index < -0.39 is 27.9 Å². The Morgan fingerprint density at radius 3 is 2.34 bits per heavy atom. The zero-order valence-corrected chi connectivity index (χ0v) is 17.7. The summed E-state index contributed by atoms with van der Waals surface area (Å²) in [6.45, 7) is 5.53. The first-order chi connectivity index (χ1) is 13.6. The van der Waals surface area contributed by atoms with Gasteiger partial charge in [0.15, 0.2) is 0 Å². The lowest BCUT2D eigenvalue weighted by atomic mass is 10.1. The van der Waals surface area contributed by atoms with Crippen LogP contribution in [0.15, 0.2) is 41.3 Å². The van der Waals surface area contributed by atoms with E-state index in [0.29, 0.717) is 21.3 Å². The molecular formula is C21H24N2O5S. The largest absolute Gasteiger partial charge is 0.496 e. The number of hydrogen-bond donors (Lipinski definition) is 1. The second-order valence-electron chi connectivity index (χ2n) is 7.25. The van der Waals surface area contributed by atoms with E-state index in [1.165, 1.54) is 25.3 Å². The first-order valence-corrected chi connectivity index (χ1v) is 10.7. The first kappa shape index (κ1) is 20.9. The highest BCUT2D eigenvalue weighted by atomic mass is 32.2. The Balaban J connectivity index is 1.91. The van der Waals surface area contributed by atoms with Gasteiger partial charge in [0.1, 0.15) is 11.8 Å². The maximum absolute atomic E-state index is 13.2. The number of rotatable bonds is 5. The fourth-order valence-electron chi connectivity index (χ4n) is 3.60. The summed E-state index contributed by atoms with van der Waals surface area (Å²) in [6.07, 6.45) is 0.142. The molecule has 3 rings (SSSR count). The minimum absolute atomic E-state index is 0.000696. The van der Waals surface area contributed by atoms with Gasteiger partial charge in [0.05, 0.1) is 12.0 Å². The Bertz CT molecular complexity index is 1060. The second kappa shape index (κ2) is 7.87. The van der Waals surface area contributed by atoms with Gasteiger partial charge in [-0.3, -0.25) is 9.59 Å². The molecule has 29 heavy (non-hydrogen) atoms. The van der Waals surface area contributed by atoms with Gasteiger partial charge in [0, 0.05) is 12.1 Å². The first-order valence-electron chi connectivity index (χ1n) is 9.24. The minimum Gasteiger partial charge on any atom is -0.496 e. The molecule has 0 aromatic heterocycles. The van der Waals surface area contributed by atoms with Crippen LogP contribution in [0.5, 0.6) is 5.75 Å². The van der Waals surface area contributed by atoms with Crippen LogP contribution in [0.1, 0.15) is 29.5 Å². The molecule has 0 spiro atoms. The molecule has 0 saturated carbocycles. The van der Waals surface area contributed by atoms with Crippen LogP contribution in [0.4, 0.5) is 5.69 Å². The van der Waals surface area contributed by atoms with E-state index in [1.807, 2.05) is 19.9 Å². The zero-order valence-electron chi connectivity index (χ0n) is 16.9. The van der Waals surface area contributed by atoms with Crippen molar-refractivity contribution in [3.8, 4) is 5.75 Å². The molecule has 0 unspecified atom stereocenters. The molecule has 7 nitrogen and oxygen atoms in total. The highest BCUT2D eigenvalue weighted by Gasteiger charge is 2.44. The Labute approximate surface area is 170 Å². The van der Waals surface area contributed by atoms with Crippen molar-refractivity contribution in [2.24, 2.45) is 0 Å². The van der Waals surface area contributed by atoms with E-state index in [1.54, 1.807) is 19.1 Å². The summed E-state index contributed by atoms with van der Waals surface area (Å²) in [6, 6.07) is 8.84. The molecule has 2 aromatic carbocycles. The van der Waals surface area contributed by atoms with E-state index in [0.717, 1.165) is 11.1 Å². The summed E-state index contributed by atoms with van der Waals surface area (Å²) in [5, 5.41) is 2.75. The molecule has 1 aliphatic rings. The number of hydrogen-bond acceptors (Lipinski definition) is 5. The van der Waals surface area contributed by atoms with Crippen molar-refractivity contribution in [2.45, 2.75) is 44.6 Å². The summed E-state index contributed by atoms with van der Waals surface area (Å²) in [4.78, 5) is 25.2. The van der Waals surface area contributed by atoms with Crippen LogP contribution < -0.4 is 10.1 Å². The highest BCUT2D eigenvalue weighted by molar-refractivity contribution is 7.89. The predicted molar refractivity (Wildman–Crippen MR) is 109 cm³/mol. The molecule has 1 fully saturated rings. The number of sulfonamides is 1. The van der Waals surface area contributed by atoms with Crippen molar-refractivity contribution >= 4 is 27.5 Å². The summed E-state index contributed by atoms with van der Waals surface area (Å²) in [7, 11) is -2.68. The molecule has 1 saturated heterocycles. The predicted octanol–water partition coefficient (Wildman–Crippen LogP) is 2.94. The third kappa shape index (κ3) is 4.12. The fraction of sp³-hybridized carbons (Fsp3) is 0.333. The number of ether oxygens (including phenoxy) is 1. The van der Waals surface area contributed by atoms with Crippen LogP contribution in [-0.2, 0) is 19.6 Å². The summed E-state index contributed by atoms with van der Waals surface area (Å²) in [5.41, 5.74) is 3.14. The maximum atomic E-state index is 13.2. The molecule has 8 heteroatoms. The maximum Gasteiger partial charge on any atom is 0.267 e. The lowest BCUT2D eigenvalue weighted by Gasteiger charge is -2.24. The number of benzene rings is 2. The number of carbonyl (C=O) groups is 2. The topological polar surface area (TPSA) is 92.8 Å². The highest BCUT2D eigenvalue weighted by Crippen LogP contribution is 2.30. The van der Waals surface area contributed by atoms with Crippen molar-refractivity contribution in [2.75, 3.05) is 12.4 Å². The molecule has 1 heterocycles.